The van der Waals surface area contributed by atoms with Crippen molar-refractivity contribution in [2.75, 3.05) is 13.2 Å². The van der Waals surface area contributed by atoms with Gasteiger partial charge in [0.15, 0.2) is 5.76 Å². The molecule has 18 heavy (non-hydrogen) atoms. The van der Waals surface area contributed by atoms with Crippen LogP contribution in [0.1, 0.15) is 48.5 Å². The van der Waals surface area contributed by atoms with E-state index in [0.717, 1.165) is 0 Å². The van der Waals surface area contributed by atoms with Crippen molar-refractivity contribution in [2.45, 2.75) is 39.2 Å². The molecule has 6 nitrogen and oxygen atoms in total. The Kier molecular flexibility index (Phi) is 4.48. The molecule has 0 bridgehead atoms. The monoisotopic (exact) mass is 256 g/mol. The van der Waals surface area contributed by atoms with Gasteiger partial charge in [0.05, 0.1) is 12.3 Å². The van der Waals surface area contributed by atoms with Gasteiger partial charge in [0.2, 0.25) is 0 Å². The van der Waals surface area contributed by atoms with Gasteiger partial charge < -0.3 is 20.1 Å². The van der Waals surface area contributed by atoms with E-state index in [4.69, 9.17) is 9.63 Å². The van der Waals surface area contributed by atoms with Crippen molar-refractivity contribution >= 4 is 5.91 Å². The molecular weight excluding hydrogens is 236 g/mol. The molecule has 1 aromatic heterocycles. The van der Waals surface area contributed by atoms with Gasteiger partial charge in [0.25, 0.3) is 5.91 Å². The topological polar surface area (TPSA) is 95.6 Å². The molecule has 1 amide bonds. The van der Waals surface area contributed by atoms with Gasteiger partial charge in [0, 0.05) is 12.5 Å². The lowest BCUT2D eigenvalue weighted by Gasteiger charge is -2.20. The van der Waals surface area contributed by atoms with Crippen LogP contribution in [-0.4, -0.2) is 40.0 Å². The molecule has 1 aromatic rings. The molecule has 0 aliphatic carbocycles. The largest absolute Gasteiger partial charge is 0.393 e. The third-order valence-electron chi connectivity index (χ3n) is 2.61. The molecule has 0 aliphatic rings. The highest BCUT2D eigenvalue weighted by Crippen LogP contribution is 2.22. The van der Waals surface area contributed by atoms with E-state index in [1.54, 1.807) is 6.92 Å². The van der Waals surface area contributed by atoms with E-state index in [1.165, 1.54) is 6.92 Å². The average Bonchev–Trinajstić information content (AvgIpc) is 2.68. The van der Waals surface area contributed by atoms with E-state index in [1.807, 2.05) is 13.8 Å². The van der Waals surface area contributed by atoms with E-state index in [-0.39, 0.29) is 18.4 Å². The molecule has 102 valence electrons. The Morgan fingerprint density at radius 3 is 2.67 bits per heavy atom. The Bertz CT molecular complexity index is 424. The van der Waals surface area contributed by atoms with Crippen LogP contribution in [0.3, 0.4) is 0 Å². The van der Waals surface area contributed by atoms with Crippen LogP contribution >= 0.6 is 0 Å². The highest BCUT2D eigenvalue weighted by atomic mass is 16.5. The fourth-order valence-corrected chi connectivity index (χ4v) is 1.47. The average molecular weight is 256 g/mol. The van der Waals surface area contributed by atoms with Crippen molar-refractivity contribution in [3.8, 4) is 0 Å². The van der Waals surface area contributed by atoms with E-state index < -0.39 is 12.2 Å². The lowest BCUT2D eigenvalue weighted by Crippen LogP contribution is -2.43. The predicted octanol–water partition coefficient (Wildman–Crippen LogP) is 0.580. The minimum absolute atomic E-state index is 0.0372. The van der Waals surface area contributed by atoms with Crippen LogP contribution in [0.15, 0.2) is 4.52 Å². The van der Waals surface area contributed by atoms with Crippen molar-refractivity contribution < 1.29 is 19.5 Å². The number of amides is 1. The van der Waals surface area contributed by atoms with Crippen molar-refractivity contribution in [3.05, 3.63) is 17.0 Å². The third kappa shape index (κ3) is 3.30. The second-order valence-corrected chi connectivity index (χ2v) is 5.00. The second-order valence-electron chi connectivity index (χ2n) is 5.00. The van der Waals surface area contributed by atoms with Crippen LogP contribution in [0, 0.1) is 6.92 Å². The minimum atomic E-state index is -1.33. The van der Waals surface area contributed by atoms with Gasteiger partial charge in [-0.2, -0.15) is 0 Å². The maximum absolute atomic E-state index is 12.0. The summed E-state index contributed by atoms with van der Waals surface area (Å²) in [7, 11) is 0. The van der Waals surface area contributed by atoms with Gasteiger partial charge >= 0.3 is 0 Å². The van der Waals surface area contributed by atoms with Gasteiger partial charge in [-0.15, -0.1) is 0 Å². The normalized spacial score (nSPS) is 14.6. The molecule has 0 saturated heterocycles. The van der Waals surface area contributed by atoms with Gasteiger partial charge in [-0.1, -0.05) is 19.0 Å². The predicted molar refractivity (Wildman–Crippen MR) is 65.4 cm³/mol. The van der Waals surface area contributed by atoms with Gasteiger partial charge in [0.1, 0.15) is 11.2 Å². The minimum Gasteiger partial charge on any atom is -0.393 e. The lowest BCUT2D eigenvalue weighted by atomic mass is 10.0. The molecule has 1 unspecified atom stereocenters. The highest BCUT2D eigenvalue weighted by molar-refractivity contribution is 5.96. The van der Waals surface area contributed by atoms with Gasteiger partial charge in [-0.05, 0) is 13.8 Å². The summed E-state index contributed by atoms with van der Waals surface area (Å²) in [6, 6.07) is 0. The number of rotatable bonds is 5. The number of aromatic nitrogens is 1. The van der Waals surface area contributed by atoms with Crippen LogP contribution in [0.25, 0.3) is 0 Å². The second kappa shape index (κ2) is 5.49. The number of carbonyl (C=O) groups excluding carboxylic acids is 1. The summed E-state index contributed by atoms with van der Waals surface area (Å²) in [6.07, 6.45) is 0. The zero-order chi connectivity index (χ0) is 13.9. The summed E-state index contributed by atoms with van der Waals surface area (Å²) in [6.45, 7) is 6.48. The van der Waals surface area contributed by atoms with Crippen LogP contribution in [0.4, 0.5) is 0 Å². The zero-order valence-electron chi connectivity index (χ0n) is 11.1. The Morgan fingerprint density at radius 1 is 1.56 bits per heavy atom. The van der Waals surface area contributed by atoms with Crippen molar-refractivity contribution in [1.29, 1.82) is 0 Å². The molecule has 1 atom stereocenters. The Hall–Kier alpha value is -1.40. The smallest absolute Gasteiger partial charge is 0.256 e. The number of hydrogen-bond acceptors (Lipinski definition) is 5. The first-order valence-corrected chi connectivity index (χ1v) is 5.86. The van der Waals surface area contributed by atoms with Gasteiger partial charge in [-0.25, -0.2) is 0 Å². The van der Waals surface area contributed by atoms with E-state index in [0.29, 0.717) is 17.0 Å². The standard InChI is InChI=1S/C12H20N2O4/c1-7(2)10-9(8(3)14-18-10)11(16)13-5-12(4,17)6-15/h7,15,17H,5-6H2,1-4H3,(H,13,16). The van der Waals surface area contributed by atoms with Crippen LogP contribution < -0.4 is 5.32 Å². The van der Waals surface area contributed by atoms with E-state index in [9.17, 15) is 9.90 Å². The van der Waals surface area contributed by atoms with E-state index >= 15 is 0 Å². The number of nitrogens with one attached hydrogen (secondary N) is 1. The first-order chi connectivity index (χ1) is 8.28. The number of nitrogens with zero attached hydrogens (tertiary/aromatic N) is 1. The fourth-order valence-electron chi connectivity index (χ4n) is 1.47. The molecule has 0 fully saturated rings. The molecule has 0 aliphatic heterocycles. The Morgan fingerprint density at radius 2 is 2.17 bits per heavy atom. The third-order valence-corrected chi connectivity index (χ3v) is 2.61. The molecule has 1 rings (SSSR count). The maximum Gasteiger partial charge on any atom is 0.256 e. The summed E-state index contributed by atoms with van der Waals surface area (Å²) in [5.74, 6) is 0.213. The summed E-state index contributed by atoms with van der Waals surface area (Å²) >= 11 is 0. The molecular formula is C12H20N2O4. The number of aliphatic hydroxyl groups is 2. The molecule has 1 heterocycles. The van der Waals surface area contributed by atoms with Crippen LogP contribution in [0.5, 0.6) is 0 Å². The van der Waals surface area contributed by atoms with Crippen LogP contribution in [-0.2, 0) is 0 Å². The summed E-state index contributed by atoms with van der Waals surface area (Å²) < 4.78 is 5.11. The highest BCUT2D eigenvalue weighted by Gasteiger charge is 2.25. The SMILES string of the molecule is Cc1noc(C(C)C)c1C(=O)NCC(C)(O)CO. The number of carbonyl (C=O) groups is 1. The lowest BCUT2D eigenvalue weighted by molar-refractivity contribution is 0.00317. The van der Waals surface area contributed by atoms with Crippen molar-refractivity contribution in [2.24, 2.45) is 0 Å². The Balaban J connectivity index is 2.82. The van der Waals surface area contributed by atoms with Gasteiger partial charge in [-0.3, -0.25) is 4.79 Å². The van der Waals surface area contributed by atoms with E-state index in [2.05, 4.69) is 10.5 Å². The maximum atomic E-state index is 12.0. The molecule has 0 spiro atoms. The zero-order valence-corrected chi connectivity index (χ0v) is 11.1. The van der Waals surface area contributed by atoms with Crippen molar-refractivity contribution in [3.63, 3.8) is 0 Å². The number of hydrogen-bond donors (Lipinski definition) is 3. The summed E-state index contributed by atoms with van der Waals surface area (Å²) in [4.78, 5) is 12.0. The molecule has 0 radical (unpaired) electrons. The first kappa shape index (κ1) is 14.7. The number of aryl methyl sites for hydroxylation is 1. The molecule has 0 aromatic carbocycles. The fraction of sp³-hybridized carbons (Fsp3) is 0.667. The molecule has 6 heteroatoms. The quantitative estimate of drug-likeness (QED) is 0.716. The summed E-state index contributed by atoms with van der Waals surface area (Å²) in [5.41, 5.74) is -0.419. The van der Waals surface area contributed by atoms with Crippen molar-refractivity contribution in [1.82, 2.24) is 10.5 Å². The number of aliphatic hydroxyl groups excluding tert-OH is 1. The Labute approximate surface area is 106 Å². The molecule has 3 N–H and O–H groups in total. The summed E-state index contributed by atoms with van der Waals surface area (Å²) in [5, 5.41) is 24.9. The molecule has 0 saturated carbocycles. The first-order valence-electron chi connectivity index (χ1n) is 5.86. The van der Waals surface area contributed by atoms with Crippen LogP contribution in [0.2, 0.25) is 0 Å².